The van der Waals surface area contributed by atoms with Crippen LogP contribution in [0.15, 0.2) is 24.3 Å². The third-order valence-corrected chi connectivity index (χ3v) is 4.06. The first kappa shape index (κ1) is 13.4. The average Bonchev–Trinajstić information content (AvgIpc) is 2.39. The maximum absolute atomic E-state index is 3.50. The van der Waals surface area contributed by atoms with E-state index in [-0.39, 0.29) is 0 Å². The first-order valence-corrected chi connectivity index (χ1v) is 7.22. The summed E-state index contributed by atoms with van der Waals surface area (Å²) in [5, 5.41) is 3.50. The molecule has 0 amide bonds. The van der Waals surface area contributed by atoms with Gasteiger partial charge in [0.2, 0.25) is 0 Å². The summed E-state index contributed by atoms with van der Waals surface area (Å²) in [6.45, 7) is 8.12. The molecule has 1 aliphatic heterocycles. The zero-order valence-electron chi connectivity index (χ0n) is 11.9. The molecule has 1 heterocycles. The number of benzene rings is 1. The van der Waals surface area contributed by atoms with E-state index in [0.717, 1.165) is 12.5 Å². The maximum atomic E-state index is 3.50. The minimum Gasteiger partial charge on any atom is -0.385 e. The topological polar surface area (TPSA) is 15.3 Å². The van der Waals surface area contributed by atoms with Crippen molar-refractivity contribution in [3.05, 3.63) is 29.8 Å². The predicted octanol–water partition coefficient (Wildman–Crippen LogP) is 3.56. The van der Waals surface area contributed by atoms with Crippen LogP contribution in [0.2, 0.25) is 0 Å². The van der Waals surface area contributed by atoms with Crippen LogP contribution in [0.5, 0.6) is 0 Å². The van der Waals surface area contributed by atoms with Crippen molar-refractivity contribution < 1.29 is 0 Å². The van der Waals surface area contributed by atoms with Gasteiger partial charge in [0, 0.05) is 31.2 Å². The molecule has 2 atom stereocenters. The molecule has 0 radical (unpaired) electrons. The van der Waals surface area contributed by atoms with E-state index in [1.54, 1.807) is 0 Å². The van der Waals surface area contributed by atoms with Gasteiger partial charge in [0.15, 0.2) is 0 Å². The minimum atomic E-state index is 0.691. The Hall–Kier alpha value is -1.02. The Kier molecular flexibility index (Phi) is 4.65. The van der Waals surface area contributed by atoms with Crippen molar-refractivity contribution in [2.75, 3.05) is 32.0 Å². The van der Waals surface area contributed by atoms with E-state index in [9.17, 15) is 0 Å². The number of nitrogens with one attached hydrogen (secondary N) is 1. The van der Waals surface area contributed by atoms with E-state index in [1.165, 1.54) is 37.2 Å². The number of anilines is 1. The summed E-state index contributed by atoms with van der Waals surface area (Å²) in [7, 11) is 2.26. The summed E-state index contributed by atoms with van der Waals surface area (Å²) in [5.41, 5.74) is 2.84. The molecule has 0 saturated carbocycles. The molecule has 1 aliphatic rings. The average molecular weight is 246 g/mol. The molecule has 1 N–H and O–H groups in total. The lowest BCUT2D eigenvalue weighted by Gasteiger charge is -2.31. The van der Waals surface area contributed by atoms with E-state index in [4.69, 9.17) is 0 Å². The van der Waals surface area contributed by atoms with Crippen LogP contribution < -0.4 is 5.32 Å². The number of hydrogen-bond acceptors (Lipinski definition) is 2. The lowest BCUT2D eigenvalue weighted by molar-refractivity contribution is 0.262. The summed E-state index contributed by atoms with van der Waals surface area (Å²) in [5.74, 6) is 1.49. The zero-order valence-corrected chi connectivity index (χ0v) is 11.9. The molecule has 18 heavy (non-hydrogen) atoms. The van der Waals surface area contributed by atoms with Gasteiger partial charge in [0.1, 0.15) is 0 Å². The zero-order chi connectivity index (χ0) is 13.0. The smallest absolute Gasteiger partial charge is 0.0376 e. The molecule has 0 aliphatic carbocycles. The second-order valence-electron chi connectivity index (χ2n) is 5.73. The van der Waals surface area contributed by atoms with Crippen LogP contribution in [0.4, 0.5) is 5.69 Å². The predicted molar refractivity (Wildman–Crippen MR) is 79.2 cm³/mol. The number of fused-ring (bicyclic) bond motifs is 1. The SMILES string of the molecule is CCC(C)CN(C)CC1CCNc2ccccc21. The molecule has 0 fully saturated rings. The van der Waals surface area contributed by atoms with Crippen LogP contribution in [0.25, 0.3) is 0 Å². The van der Waals surface area contributed by atoms with Crippen LogP contribution in [0.3, 0.4) is 0 Å². The fraction of sp³-hybridized carbons (Fsp3) is 0.625. The first-order valence-electron chi connectivity index (χ1n) is 7.22. The van der Waals surface area contributed by atoms with Gasteiger partial charge in [-0.3, -0.25) is 0 Å². The molecular formula is C16H26N2. The summed E-state index contributed by atoms with van der Waals surface area (Å²) in [6.07, 6.45) is 2.52. The second-order valence-corrected chi connectivity index (χ2v) is 5.73. The molecule has 2 nitrogen and oxygen atoms in total. The minimum absolute atomic E-state index is 0.691. The van der Waals surface area contributed by atoms with Gasteiger partial charge in [-0.1, -0.05) is 38.5 Å². The van der Waals surface area contributed by atoms with Gasteiger partial charge < -0.3 is 10.2 Å². The highest BCUT2D eigenvalue weighted by atomic mass is 15.1. The molecule has 0 bridgehead atoms. The lowest BCUT2D eigenvalue weighted by atomic mass is 9.90. The maximum Gasteiger partial charge on any atom is 0.0376 e. The van der Waals surface area contributed by atoms with Crippen molar-refractivity contribution in [2.45, 2.75) is 32.6 Å². The van der Waals surface area contributed by atoms with Crippen LogP contribution in [-0.2, 0) is 0 Å². The Morgan fingerprint density at radius 3 is 2.94 bits per heavy atom. The van der Waals surface area contributed by atoms with Gasteiger partial charge in [-0.25, -0.2) is 0 Å². The van der Waals surface area contributed by atoms with Gasteiger partial charge in [0.25, 0.3) is 0 Å². The van der Waals surface area contributed by atoms with Crippen LogP contribution in [0.1, 0.15) is 38.2 Å². The van der Waals surface area contributed by atoms with Crippen molar-refractivity contribution in [3.63, 3.8) is 0 Å². The van der Waals surface area contributed by atoms with Gasteiger partial charge in [-0.2, -0.15) is 0 Å². The number of para-hydroxylation sites is 1. The third kappa shape index (κ3) is 3.26. The van der Waals surface area contributed by atoms with Crippen LogP contribution >= 0.6 is 0 Å². The molecule has 0 spiro atoms. The van der Waals surface area contributed by atoms with Gasteiger partial charge in [-0.05, 0) is 31.0 Å². The monoisotopic (exact) mass is 246 g/mol. The van der Waals surface area contributed by atoms with Gasteiger partial charge in [0.05, 0.1) is 0 Å². The molecule has 2 rings (SSSR count). The molecule has 1 aromatic rings. The van der Waals surface area contributed by atoms with E-state index in [1.807, 2.05) is 0 Å². The fourth-order valence-corrected chi connectivity index (χ4v) is 2.85. The third-order valence-electron chi connectivity index (χ3n) is 4.06. The Balaban J connectivity index is 1.98. The van der Waals surface area contributed by atoms with E-state index in [0.29, 0.717) is 5.92 Å². The second kappa shape index (κ2) is 6.24. The summed E-state index contributed by atoms with van der Waals surface area (Å²) < 4.78 is 0. The normalized spacial score (nSPS) is 20.3. The Bertz CT molecular complexity index is 375. The van der Waals surface area contributed by atoms with E-state index in [2.05, 4.69) is 55.4 Å². The van der Waals surface area contributed by atoms with E-state index >= 15 is 0 Å². The highest BCUT2D eigenvalue weighted by molar-refractivity contribution is 5.54. The van der Waals surface area contributed by atoms with Crippen molar-refractivity contribution >= 4 is 5.69 Å². The van der Waals surface area contributed by atoms with Crippen molar-refractivity contribution in [1.82, 2.24) is 4.90 Å². The largest absolute Gasteiger partial charge is 0.385 e. The molecule has 1 aromatic carbocycles. The highest BCUT2D eigenvalue weighted by Crippen LogP contribution is 2.31. The summed E-state index contributed by atoms with van der Waals surface area (Å²) >= 11 is 0. The van der Waals surface area contributed by atoms with Crippen LogP contribution in [0, 0.1) is 5.92 Å². The summed E-state index contributed by atoms with van der Waals surface area (Å²) in [4.78, 5) is 2.50. The van der Waals surface area contributed by atoms with Crippen LogP contribution in [-0.4, -0.2) is 31.6 Å². The molecule has 0 aromatic heterocycles. The Labute approximate surface area is 111 Å². The molecule has 2 unspecified atom stereocenters. The van der Waals surface area contributed by atoms with Crippen molar-refractivity contribution in [2.24, 2.45) is 5.92 Å². The fourth-order valence-electron chi connectivity index (χ4n) is 2.85. The van der Waals surface area contributed by atoms with E-state index < -0.39 is 0 Å². The Morgan fingerprint density at radius 2 is 2.17 bits per heavy atom. The molecule has 2 heteroatoms. The first-order chi connectivity index (χ1) is 8.70. The number of rotatable bonds is 5. The quantitative estimate of drug-likeness (QED) is 0.854. The van der Waals surface area contributed by atoms with Gasteiger partial charge in [-0.15, -0.1) is 0 Å². The van der Waals surface area contributed by atoms with Crippen molar-refractivity contribution in [3.8, 4) is 0 Å². The molecule has 100 valence electrons. The van der Waals surface area contributed by atoms with Gasteiger partial charge >= 0.3 is 0 Å². The Morgan fingerprint density at radius 1 is 1.39 bits per heavy atom. The molecule has 0 saturated heterocycles. The lowest BCUT2D eigenvalue weighted by Crippen LogP contribution is -2.31. The standard InChI is InChI=1S/C16H26N2/c1-4-13(2)11-18(3)12-14-9-10-17-16-8-6-5-7-15(14)16/h5-8,13-14,17H,4,9-12H2,1-3H3. The number of nitrogens with zero attached hydrogens (tertiary/aromatic N) is 1. The number of likely N-dealkylation sites (N-methyl/N-ethyl adjacent to an activating group) is 1. The number of hydrogen-bond donors (Lipinski definition) is 1. The molecular weight excluding hydrogens is 220 g/mol. The van der Waals surface area contributed by atoms with Crippen molar-refractivity contribution in [1.29, 1.82) is 0 Å². The highest BCUT2D eigenvalue weighted by Gasteiger charge is 2.21. The summed E-state index contributed by atoms with van der Waals surface area (Å²) in [6, 6.07) is 8.77.